The number of fused-ring (bicyclic) bond motifs is 1. The number of benzene rings is 1. The van der Waals surface area contributed by atoms with Crippen LogP contribution in [0.5, 0.6) is 5.75 Å². The first-order valence-electron chi connectivity index (χ1n) is 8.32. The van der Waals surface area contributed by atoms with E-state index in [-0.39, 0.29) is 11.9 Å². The fourth-order valence-electron chi connectivity index (χ4n) is 2.65. The zero-order valence-electron chi connectivity index (χ0n) is 14.6. The Bertz CT molecular complexity index is 797. The number of hydrogen-bond acceptors (Lipinski definition) is 5. The lowest BCUT2D eigenvalue weighted by molar-refractivity contribution is 0.0526. The molecular weight excluding hydrogens is 322 g/mol. The molecule has 1 aliphatic heterocycles. The number of hydrogen-bond donors (Lipinski definition) is 0. The molecule has 0 saturated carbocycles. The van der Waals surface area contributed by atoms with Crippen molar-refractivity contribution in [3.63, 3.8) is 0 Å². The second-order valence-electron chi connectivity index (χ2n) is 5.98. The molecule has 7 heteroatoms. The summed E-state index contributed by atoms with van der Waals surface area (Å²) >= 11 is 0. The quantitative estimate of drug-likeness (QED) is 0.798. The maximum absolute atomic E-state index is 12.9. The van der Waals surface area contributed by atoms with Gasteiger partial charge in [0.25, 0.3) is 5.91 Å². The van der Waals surface area contributed by atoms with Crippen molar-refractivity contribution in [2.75, 3.05) is 24.7 Å². The summed E-state index contributed by atoms with van der Waals surface area (Å²) in [7, 11) is 0. The Morgan fingerprint density at radius 3 is 2.80 bits per heavy atom. The van der Waals surface area contributed by atoms with Gasteiger partial charge < -0.3 is 14.4 Å². The minimum atomic E-state index is -0.424. The minimum absolute atomic E-state index is 0.175. The van der Waals surface area contributed by atoms with Crippen LogP contribution in [0, 0.1) is 0 Å². The molecule has 7 nitrogen and oxygen atoms in total. The van der Waals surface area contributed by atoms with Crippen molar-refractivity contribution in [2.24, 2.45) is 0 Å². The van der Waals surface area contributed by atoms with E-state index < -0.39 is 5.97 Å². The van der Waals surface area contributed by atoms with Crippen molar-refractivity contribution >= 4 is 17.6 Å². The molecule has 0 fully saturated rings. The zero-order valence-corrected chi connectivity index (χ0v) is 14.6. The number of rotatable bonds is 4. The van der Waals surface area contributed by atoms with Gasteiger partial charge in [-0.2, -0.15) is 5.10 Å². The van der Waals surface area contributed by atoms with E-state index in [4.69, 9.17) is 9.47 Å². The summed E-state index contributed by atoms with van der Waals surface area (Å²) in [5, 5.41) is 4.34. The number of aromatic nitrogens is 2. The average molecular weight is 343 g/mol. The largest absolute Gasteiger partial charge is 0.490 e. The molecule has 0 bridgehead atoms. The van der Waals surface area contributed by atoms with Crippen molar-refractivity contribution in [3.8, 4) is 5.75 Å². The van der Waals surface area contributed by atoms with Crippen LogP contribution in [0.25, 0.3) is 0 Å². The van der Waals surface area contributed by atoms with Crippen LogP contribution in [0.3, 0.4) is 0 Å². The van der Waals surface area contributed by atoms with Crippen LogP contribution in [-0.2, 0) is 4.74 Å². The number of carbonyl (C=O) groups excluding carboxylic acids is 2. The zero-order chi connectivity index (χ0) is 18.0. The van der Waals surface area contributed by atoms with Crippen molar-refractivity contribution in [1.82, 2.24) is 9.78 Å². The van der Waals surface area contributed by atoms with E-state index >= 15 is 0 Å². The third-order valence-corrected chi connectivity index (χ3v) is 3.94. The predicted molar refractivity (Wildman–Crippen MR) is 92.2 cm³/mol. The molecule has 25 heavy (non-hydrogen) atoms. The van der Waals surface area contributed by atoms with Gasteiger partial charge in [0.15, 0.2) is 5.69 Å². The molecule has 0 radical (unpaired) electrons. The van der Waals surface area contributed by atoms with Crippen LogP contribution in [0.15, 0.2) is 30.5 Å². The highest BCUT2D eigenvalue weighted by atomic mass is 16.5. The average Bonchev–Trinajstić information content (AvgIpc) is 3.11. The lowest BCUT2D eigenvalue weighted by atomic mass is 10.1. The first-order chi connectivity index (χ1) is 12.0. The summed E-state index contributed by atoms with van der Waals surface area (Å²) in [6.07, 6.45) is 1.79. The van der Waals surface area contributed by atoms with E-state index in [2.05, 4.69) is 5.10 Å². The molecule has 1 aromatic heterocycles. The smallest absolute Gasteiger partial charge is 0.338 e. The Kier molecular flexibility index (Phi) is 4.74. The van der Waals surface area contributed by atoms with Gasteiger partial charge in [-0.1, -0.05) is 0 Å². The molecule has 0 saturated heterocycles. The van der Waals surface area contributed by atoms with Crippen LogP contribution in [0.2, 0.25) is 0 Å². The molecule has 2 heterocycles. The fourth-order valence-corrected chi connectivity index (χ4v) is 2.65. The molecular formula is C18H21N3O4. The molecule has 0 unspecified atom stereocenters. The lowest BCUT2D eigenvalue weighted by Crippen LogP contribution is -2.38. The highest BCUT2D eigenvalue weighted by Gasteiger charge is 2.27. The van der Waals surface area contributed by atoms with Gasteiger partial charge in [0, 0.05) is 12.2 Å². The fraction of sp³-hybridized carbons (Fsp3) is 0.389. The number of nitrogens with zero attached hydrogens (tertiary/aromatic N) is 3. The van der Waals surface area contributed by atoms with Crippen molar-refractivity contribution in [1.29, 1.82) is 0 Å². The monoisotopic (exact) mass is 343 g/mol. The van der Waals surface area contributed by atoms with E-state index in [0.29, 0.717) is 42.5 Å². The summed E-state index contributed by atoms with van der Waals surface area (Å²) < 4.78 is 12.4. The van der Waals surface area contributed by atoms with Crippen molar-refractivity contribution in [3.05, 3.63) is 41.7 Å². The summed E-state index contributed by atoms with van der Waals surface area (Å²) in [6.45, 7) is 6.82. The molecule has 3 rings (SSSR count). The molecule has 2 aromatic rings. The van der Waals surface area contributed by atoms with Gasteiger partial charge in [0.05, 0.1) is 24.4 Å². The van der Waals surface area contributed by atoms with Crippen molar-refractivity contribution in [2.45, 2.75) is 26.8 Å². The third kappa shape index (κ3) is 3.35. The second-order valence-corrected chi connectivity index (χ2v) is 5.98. The second kappa shape index (κ2) is 6.96. The molecule has 132 valence electrons. The van der Waals surface area contributed by atoms with Crippen LogP contribution in [0.1, 0.15) is 47.7 Å². The van der Waals surface area contributed by atoms with Gasteiger partial charge in [-0.05, 0) is 45.0 Å². The van der Waals surface area contributed by atoms with Gasteiger partial charge in [-0.3, -0.25) is 9.48 Å². The SMILES string of the molecule is CCOC(=O)c1ccc2c(c1)N(C(=O)c1ccn(C(C)C)n1)CCO2. The van der Waals surface area contributed by atoms with Gasteiger partial charge in [-0.15, -0.1) is 0 Å². The summed E-state index contributed by atoms with van der Waals surface area (Å²) in [6, 6.07) is 6.83. The normalized spacial score (nSPS) is 13.4. The molecule has 0 spiro atoms. The molecule has 0 N–H and O–H groups in total. The van der Waals surface area contributed by atoms with Crippen LogP contribution < -0.4 is 9.64 Å². The molecule has 1 aliphatic rings. The van der Waals surface area contributed by atoms with Gasteiger partial charge in [-0.25, -0.2) is 4.79 Å². The summed E-state index contributed by atoms with van der Waals surface area (Å²) in [5.74, 6) is -0.0757. The number of amides is 1. The molecule has 0 aliphatic carbocycles. The van der Waals surface area contributed by atoms with E-state index in [1.807, 2.05) is 13.8 Å². The number of anilines is 1. The third-order valence-electron chi connectivity index (χ3n) is 3.94. The Hall–Kier alpha value is -2.83. The van der Waals surface area contributed by atoms with Gasteiger partial charge in [0.2, 0.25) is 0 Å². The van der Waals surface area contributed by atoms with Crippen LogP contribution >= 0.6 is 0 Å². The van der Waals surface area contributed by atoms with Crippen LogP contribution in [-0.4, -0.2) is 41.4 Å². The van der Waals surface area contributed by atoms with E-state index in [1.165, 1.54) is 0 Å². The van der Waals surface area contributed by atoms with E-state index in [0.717, 1.165) is 0 Å². The first-order valence-corrected chi connectivity index (χ1v) is 8.32. The standard InChI is InChI=1S/C18H21N3O4/c1-4-24-18(23)13-5-6-16-15(11-13)20(9-10-25-16)17(22)14-7-8-21(19-14)12(2)3/h5-8,11-12H,4,9-10H2,1-3H3. The molecule has 1 amide bonds. The van der Waals surface area contributed by atoms with Crippen LogP contribution in [0.4, 0.5) is 5.69 Å². The summed E-state index contributed by atoms with van der Waals surface area (Å²) in [5.41, 5.74) is 1.31. The Labute approximate surface area is 146 Å². The lowest BCUT2D eigenvalue weighted by Gasteiger charge is -2.29. The number of esters is 1. The predicted octanol–water partition coefficient (Wildman–Crippen LogP) is 2.68. The maximum Gasteiger partial charge on any atom is 0.338 e. The maximum atomic E-state index is 12.9. The van der Waals surface area contributed by atoms with Gasteiger partial charge >= 0.3 is 5.97 Å². The highest BCUT2D eigenvalue weighted by Crippen LogP contribution is 2.33. The Balaban J connectivity index is 1.92. The number of ether oxygens (including phenoxy) is 2. The number of carbonyl (C=O) groups is 2. The summed E-state index contributed by atoms with van der Waals surface area (Å²) in [4.78, 5) is 26.4. The Morgan fingerprint density at radius 1 is 1.32 bits per heavy atom. The van der Waals surface area contributed by atoms with Crippen molar-refractivity contribution < 1.29 is 19.1 Å². The molecule has 0 atom stereocenters. The first kappa shape index (κ1) is 17.0. The van der Waals surface area contributed by atoms with E-state index in [1.54, 1.807) is 47.0 Å². The Morgan fingerprint density at radius 2 is 2.12 bits per heavy atom. The van der Waals surface area contributed by atoms with Gasteiger partial charge in [0.1, 0.15) is 12.4 Å². The minimum Gasteiger partial charge on any atom is -0.490 e. The highest BCUT2D eigenvalue weighted by molar-refractivity contribution is 6.06. The van der Waals surface area contributed by atoms with E-state index in [9.17, 15) is 9.59 Å². The molecule has 1 aromatic carbocycles. The topological polar surface area (TPSA) is 73.7 Å².